The third-order valence-electron chi connectivity index (χ3n) is 5.66. The average Bonchev–Trinajstić information content (AvgIpc) is 3.15. The van der Waals surface area contributed by atoms with Gasteiger partial charge in [0.1, 0.15) is 18.0 Å². The predicted octanol–water partition coefficient (Wildman–Crippen LogP) is 5.54. The molecule has 2 amide bonds. The van der Waals surface area contributed by atoms with Gasteiger partial charge < -0.3 is 14.8 Å². The van der Waals surface area contributed by atoms with E-state index < -0.39 is 6.10 Å². The van der Waals surface area contributed by atoms with E-state index in [0.29, 0.717) is 34.3 Å². The van der Waals surface area contributed by atoms with Gasteiger partial charge in [0.2, 0.25) is 5.91 Å². The molecule has 0 fully saturated rings. The summed E-state index contributed by atoms with van der Waals surface area (Å²) in [4.78, 5) is 33.5. The number of nitrogens with zero attached hydrogens (tertiary/aromatic N) is 2. The van der Waals surface area contributed by atoms with E-state index in [2.05, 4.69) is 10.3 Å². The first kappa shape index (κ1) is 24.0. The lowest BCUT2D eigenvalue weighted by Crippen LogP contribution is -2.48. The number of carbonyl (C=O) groups is 2. The molecule has 1 aliphatic heterocycles. The maximum absolute atomic E-state index is 13.2. The molecule has 1 unspecified atom stereocenters. The van der Waals surface area contributed by atoms with Crippen LogP contribution in [-0.2, 0) is 9.59 Å². The predicted molar refractivity (Wildman–Crippen MR) is 135 cm³/mol. The monoisotopic (exact) mass is 499 g/mol. The summed E-state index contributed by atoms with van der Waals surface area (Å²) in [6, 6.07) is 9.03. The van der Waals surface area contributed by atoms with Gasteiger partial charge in [-0.2, -0.15) is 0 Å². The van der Waals surface area contributed by atoms with E-state index in [1.807, 2.05) is 45.9 Å². The molecule has 7 nitrogen and oxygen atoms in total. The van der Waals surface area contributed by atoms with Crippen molar-refractivity contribution in [2.24, 2.45) is 0 Å². The number of rotatable bonds is 6. The summed E-state index contributed by atoms with van der Waals surface area (Å²) >= 11 is 7.79. The molecular weight excluding hydrogens is 474 g/mol. The number of fused-ring (bicyclic) bond motifs is 1. The van der Waals surface area contributed by atoms with E-state index >= 15 is 0 Å². The number of ether oxygens (including phenoxy) is 2. The van der Waals surface area contributed by atoms with Crippen molar-refractivity contribution in [1.82, 2.24) is 4.98 Å². The zero-order chi connectivity index (χ0) is 24.6. The van der Waals surface area contributed by atoms with Crippen LogP contribution in [0, 0.1) is 20.8 Å². The third-order valence-corrected chi connectivity index (χ3v) is 6.96. The maximum Gasteiger partial charge on any atom is 0.268 e. The van der Waals surface area contributed by atoms with Crippen LogP contribution < -0.4 is 19.7 Å². The fraction of sp³-hybridized carbons (Fsp3) is 0.320. The summed E-state index contributed by atoms with van der Waals surface area (Å²) in [7, 11) is 1.51. The normalized spacial score (nSPS) is 15.1. The van der Waals surface area contributed by atoms with Gasteiger partial charge in [-0.3, -0.25) is 14.5 Å². The van der Waals surface area contributed by atoms with Gasteiger partial charge in [-0.25, -0.2) is 4.98 Å². The second-order valence-electron chi connectivity index (χ2n) is 8.11. The lowest BCUT2D eigenvalue weighted by atomic mass is 10.1. The van der Waals surface area contributed by atoms with Crippen LogP contribution in [0.4, 0.5) is 11.4 Å². The largest absolute Gasteiger partial charge is 0.495 e. The minimum absolute atomic E-state index is 0.172. The highest BCUT2D eigenvalue weighted by molar-refractivity contribution is 7.11. The van der Waals surface area contributed by atoms with E-state index in [0.717, 1.165) is 26.7 Å². The van der Waals surface area contributed by atoms with Crippen molar-refractivity contribution in [3.05, 3.63) is 50.8 Å². The second-order valence-corrected chi connectivity index (χ2v) is 9.92. The standard InChI is InChI=1S/C25H26ClN3O4S/c1-6-20-25(31)29(12-23(30)28-18-9-13(2)17(26)11-22(18)32-5)19-10-16(7-8-21(19)33-20)24-14(3)34-15(4)27-24/h7-11,20H,6,12H2,1-5H3,(H,28,30). The Hall–Kier alpha value is -3.10. The van der Waals surface area contributed by atoms with Crippen LogP contribution in [0.1, 0.15) is 28.8 Å². The van der Waals surface area contributed by atoms with Crippen LogP contribution in [0.15, 0.2) is 30.3 Å². The Labute approximate surface area is 207 Å². The van der Waals surface area contributed by atoms with E-state index in [-0.39, 0.29) is 18.4 Å². The van der Waals surface area contributed by atoms with Crippen LogP contribution in [0.25, 0.3) is 11.3 Å². The van der Waals surface area contributed by atoms with E-state index in [9.17, 15) is 9.59 Å². The number of benzene rings is 2. The highest BCUT2D eigenvalue weighted by Crippen LogP contribution is 2.39. The van der Waals surface area contributed by atoms with E-state index in [1.54, 1.807) is 23.5 Å². The Bertz CT molecular complexity index is 1270. The van der Waals surface area contributed by atoms with Crippen LogP contribution >= 0.6 is 22.9 Å². The fourth-order valence-corrected chi connectivity index (χ4v) is 4.95. The lowest BCUT2D eigenvalue weighted by molar-refractivity contribution is -0.128. The van der Waals surface area contributed by atoms with Crippen LogP contribution in [0.5, 0.6) is 11.5 Å². The third kappa shape index (κ3) is 4.60. The van der Waals surface area contributed by atoms with Crippen molar-refractivity contribution < 1.29 is 19.1 Å². The highest BCUT2D eigenvalue weighted by atomic mass is 35.5. The Balaban J connectivity index is 1.67. The zero-order valence-corrected chi connectivity index (χ0v) is 21.3. The van der Waals surface area contributed by atoms with Crippen molar-refractivity contribution in [2.45, 2.75) is 40.2 Å². The number of anilines is 2. The van der Waals surface area contributed by atoms with Crippen LogP contribution in [-0.4, -0.2) is 36.6 Å². The molecule has 34 heavy (non-hydrogen) atoms. The summed E-state index contributed by atoms with van der Waals surface area (Å²) in [5.74, 6) is 0.392. The molecule has 1 aliphatic rings. The van der Waals surface area contributed by atoms with Gasteiger partial charge in [0, 0.05) is 21.5 Å². The number of hydrogen-bond donors (Lipinski definition) is 1. The smallest absolute Gasteiger partial charge is 0.268 e. The Morgan fingerprint density at radius 1 is 1.26 bits per heavy atom. The van der Waals surface area contributed by atoms with Gasteiger partial charge in [0.05, 0.1) is 29.2 Å². The summed E-state index contributed by atoms with van der Waals surface area (Å²) in [6.07, 6.45) is -0.158. The molecule has 0 spiro atoms. The summed E-state index contributed by atoms with van der Waals surface area (Å²) in [5, 5.41) is 4.36. The molecule has 0 bridgehead atoms. The minimum atomic E-state index is -0.651. The van der Waals surface area contributed by atoms with Gasteiger partial charge in [0.15, 0.2) is 6.10 Å². The fourth-order valence-electron chi connectivity index (χ4n) is 3.95. The van der Waals surface area contributed by atoms with Crippen molar-refractivity contribution >= 4 is 46.1 Å². The molecule has 178 valence electrons. The summed E-state index contributed by atoms with van der Waals surface area (Å²) < 4.78 is 11.3. The Kier molecular flexibility index (Phi) is 6.81. The van der Waals surface area contributed by atoms with Gasteiger partial charge in [0.25, 0.3) is 5.91 Å². The van der Waals surface area contributed by atoms with Gasteiger partial charge >= 0.3 is 0 Å². The number of aromatic nitrogens is 1. The average molecular weight is 500 g/mol. The van der Waals surface area contributed by atoms with Crippen molar-refractivity contribution in [2.75, 3.05) is 23.9 Å². The van der Waals surface area contributed by atoms with Gasteiger partial charge in [-0.15, -0.1) is 11.3 Å². The Morgan fingerprint density at radius 2 is 2.03 bits per heavy atom. The highest BCUT2D eigenvalue weighted by Gasteiger charge is 2.35. The number of hydrogen-bond acceptors (Lipinski definition) is 6. The number of carbonyl (C=O) groups excluding carboxylic acids is 2. The topological polar surface area (TPSA) is 80.8 Å². The molecule has 0 aliphatic carbocycles. The summed E-state index contributed by atoms with van der Waals surface area (Å²) in [6.45, 7) is 7.52. The first-order valence-corrected chi connectivity index (χ1v) is 12.1. The van der Waals surface area contributed by atoms with Gasteiger partial charge in [-0.1, -0.05) is 18.5 Å². The molecule has 0 radical (unpaired) electrons. The molecule has 2 aromatic carbocycles. The number of nitrogens with one attached hydrogen (secondary N) is 1. The molecule has 2 heterocycles. The Morgan fingerprint density at radius 3 is 2.68 bits per heavy atom. The van der Waals surface area contributed by atoms with E-state index in [4.69, 9.17) is 21.1 Å². The molecule has 4 rings (SSSR count). The number of methoxy groups -OCH3 is 1. The van der Waals surface area contributed by atoms with Crippen LogP contribution in [0.3, 0.4) is 0 Å². The van der Waals surface area contributed by atoms with Crippen LogP contribution in [0.2, 0.25) is 5.02 Å². The minimum Gasteiger partial charge on any atom is -0.495 e. The number of aryl methyl sites for hydroxylation is 3. The SMILES string of the molecule is CCC1Oc2ccc(-c3nc(C)sc3C)cc2N(CC(=O)Nc2cc(C)c(Cl)cc2OC)C1=O. The first-order chi connectivity index (χ1) is 16.2. The molecule has 3 aromatic rings. The lowest BCUT2D eigenvalue weighted by Gasteiger charge is -2.34. The summed E-state index contributed by atoms with van der Waals surface area (Å²) in [5.41, 5.74) is 3.57. The van der Waals surface area contributed by atoms with Crippen molar-refractivity contribution in [1.29, 1.82) is 0 Å². The van der Waals surface area contributed by atoms with Crippen molar-refractivity contribution in [3.8, 4) is 22.8 Å². The molecule has 1 atom stereocenters. The number of amides is 2. The molecule has 1 N–H and O–H groups in total. The van der Waals surface area contributed by atoms with Crippen molar-refractivity contribution in [3.63, 3.8) is 0 Å². The maximum atomic E-state index is 13.2. The molecule has 1 aromatic heterocycles. The number of thiazole rings is 1. The molecule has 9 heteroatoms. The number of halogens is 1. The quantitative estimate of drug-likeness (QED) is 0.481. The molecule has 0 saturated carbocycles. The van der Waals surface area contributed by atoms with Gasteiger partial charge in [-0.05, 0) is 57.0 Å². The molecule has 0 saturated heterocycles. The second kappa shape index (κ2) is 9.64. The van der Waals surface area contributed by atoms with E-state index in [1.165, 1.54) is 12.0 Å². The zero-order valence-electron chi connectivity index (χ0n) is 19.7. The first-order valence-electron chi connectivity index (χ1n) is 10.9. The molecular formula is C25H26ClN3O4S.